The van der Waals surface area contributed by atoms with E-state index >= 15 is 0 Å². The van der Waals surface area contributed by atoms with Crippen molar-refractivity contribution in [1.82, 2.24) is 0 Å². The van der Waals surface area contributed by atoms with Crippen LogP contribution in [0.5, 0.6) is 0 Å². The highest BCUT2D eigenvalue weighted by Crippen LogP contribution is 2.28. The van der Waals surface area contributed by atoms with E-state index in [9.17, 15) is 9.59 Å². The van der Waals surface area contributed by atoms with E-state index in [1.807, 2.05) is 30.3 Å². The molecule has 2 atom stereocenters. The topological polar surface area (TPSA) is 34.1 Å². The molecule has 1 aliphatic carbocycles. The van der Waals surface area contributed by atoms with Crippen molar-refractivity contribution in [1.29, 1.82) is 0 Å². The molecule has 0 amide bonds. The lowest BCUT2D eigenvalue weighted by atomic mass is 9.86. The Morgan fingerprint density at radius 2 is 1.55 bits per heavy atom. The van der Waals surface area contributed by atoms with Gasteiger partial charge in [-0.3, -0.25) is 9.59 Å². The fourth-order valence-electron chi connectivity index (χ4n) is 2.87. The van der Waals surface area contributed by atoms with Gasteiger partial charge in [0.1, 0.15) is 0 Å². The normalized spacial score (nSPS) is 19.2. The number of allylic oxidation sites excluding steroid dienone is 2. The molecule has 0 aromatic heterocycles. The summed E-state index contributed by atoms with van der Waals surface area (Å²) in [7, 11) is 0. The van der Waals surface area contributed by atoms with E-state index in [-0.39, 0.29) is 23.9 Å². The summed E-state index contributed by atoms with van der Waals surface area (Å²) in [5.41, 5.74) is 3.45. The quantitative estimate of drug-likeness (QED) is 0.800. The van der Waals surface area contributed by atoms with Crippen molar-refractivity contribution < 1.29 is 9.59 Å². The second kappa shape index (κ2) is 6.10. The number of ketones is 2. The first kappa shape index (κ1) is 14.5. The van der Waals surface area contributed by atoms with Gasteiger partial charge in [-0.1, -0.05) is 67.6 Å². The van der Waals surface area contributed by atoms with E-state index in [2.05, 4.69) is 31.2 Å². The molecular weight excluding hydrogens is 272 g/mol. The van der Waals surface area contributed by atoms with E-state index in [4.69, 9.17) is 0 Å². The summed E-state index contributed by atoms with van der Waals surface area (Å²) in [5.74, 6) is -0.0832. The van der Waals surface area contributed by atoms with Gasteiger partial charge in [0.25, 0.3) is 0 Å². The molecule has 110 valence electrons. The second-order valence-electron chi connectivity index (χ2n) is 5.75. The highest BCUT2D eigenvalue weighted by molar-refractivity contribution is 6.10. The Bertz CT molecular complexity index is 711. The number of Topliss-reactive ketones (excluding diaryl/α,β-unsaturated/α-hetero) is 1. The van der Waals surface area contributed by atoms with Gasteiger partial charge in [-0.05, 0) is 22.8 Å². The minimum Gasteiger partial charge on any atom is -0.298 e. The van der Waals surface area contributed by atoms with E-state index in [1.165, 1.54) is 17.2 Å². The van der Waals surface area contributed by atoms with Gasteiger partial charge in [-0.25, -0.2) is 0 Å². The van der Waals surface area contributed by atoms with Gasteiger partial charge in [-0.15, -0.1) is 0 Å². The molecule has 0 spiro atoms. The summed E-state index contributed by atoms with van der Waals surface area (Å²) in [6, 6.07) is 18.5. The van der Waals surface area contributed by atoms with Crippen LogP contribution in [-0.4, -0.2) is 11.6 Å². The second-order valence-corrected chi connectivity index (χ2v) is 5.75. The van der Waals surface area contributed by atoms with Gasteiger partial charge in [0, 0.05) is 5.92 Å². The van der Waals surface area contributed by atoms with Gasteiger partial charge in [-0.2, -0.15) is 0 Å². The van der Waals surface area contributed by atoms with Crippen molar-refractivity contribution in [3.63, 3.8) is 0 Å². The molecule has 0 N–H and O–H groups in total. The lowest BCUT2D eigenvalue weighted by Crippen LogP contribution is -2.18. The largest absolute Gasteiger partial charge is 0.298 e. The van der Waals surface area contributed by atoms with Gasteiger partial charge in [0.2, 0.25) is 0 Å². The summed E-state index contributed by atoms with van der Waals surface area (Å²) < 4.78 is 0. The maximum atomic E-state index is 12.0. The predicted octanol–water partition coefficient (Wildman–Crippen LogP) is 4.02. The zero-order chi connectivity index (χ0) is 15.5. The van der Waals surface area contributed by atoms with Crippen LogP contribution in [0.25, 0.3) is 0 Å². The van der Waals surface area contributed by atoms with Crippen molar-refractivity contribution >= 4 is 11.6 Å². The highest BCUT2D eigenvalue weighted by atomic mass is 16.1. The molecule has 2 aromatic rings. The smallest absolute Gasteiger partial charge is 0.162 e. The van der Waals surface area contributed by atoms with Crippen LogP contribution < -0.4 is 0 Å². The van der Waals surface area contributed by atoms with Gasteiger partial charge < -0.3 is 0 Å². The summed E-state index contributed by atoms with van der Waals surface area (Å²) in [5, 5.41) is 0. The third kappa shape index (κ3) is 2.91. The van der Waals surface area contributed by atoms with Crippen molar-refractivity contribution in [3.05, 3.63) is 83.4 Å². The Labute approximate surface area is 130 Å². The summed E-state index contributed by atoms with van der Waals surface area (Å²) >= 11 is 0. The van der Waals surface area contributed by atoms with E-state index in [0.717, 1.165) is 5.56 Å². The molecule has 0 radical (unpaired) electrons. The first-order valence-electron chi connectivity index (χ1n) is 7.53. The molecule has 0 aliphatic heterocycles. The van der Waals surface area contributed by atoms with Crippen LogP contribution in [0.2, 0.25) is 0 Å². The fourth-order valence-corrected chi connectivity index (χ4v) is 2.87. The first-order valence-corrected chi connectivity index (χ1v) is 7.53. The third-order valence-electron chi connectivity index (χ3n) is 4.27. The average Bonchev–Trinajstić information content (AvgIpc) is 2.55. The van der Waals surface area contributed by atoms with Crippen LogP contribution in [0.3, 0.4) is 0 Å². The number of carbonyl (C=O) groups is 2. The molecule has 0 heterocycles. The van der Waals surface area contributed by atoms with Crippen LogP contribution in [-0.2, 0) is 9.59 Å². The first-order chi connectivity index (χ1) is 10.6. The molecule has 2 unspecified atom stereocenters. The number of hydrogen-bond donors (Lipinski definition) is 0. The van der Waals surface area contributed by atoms with Crippen molar-refractivity contribution in [2.24, 2.45) is 0 Å². The molecule has 2 nitrogen and oxygen atoms in total. The maximum absolute atomic E-state index is 12.0. The Kier molecular flexibility index (Phi) is 4.01. The van der Waals surface area contributed by atoms with E-state index in [0.29, 0.717) is 5.92 Å². The molecule has 2 heteroatoms. The van der Waals surface area contributed by atoms with Gasteiger partial charge >= 0.3 is 0 Å². The molecule has 0 bridgehead atoms. The lowest BCUT2D eigenvalue weighted by Gasteiger charge is -2.17. The van der Waals surface area contributed by atoms with Gasteiger partial charge in [0.05, 0.1) is 12.3 Å². The summed E-state index contributed by atoms with van der Waals surface area (Å²) in [6.45, 7) is 2.18. The summed E-state index contributed by atoms with van der Waals surface area (Å²) in [4.78, 5) is 23.2. The Balaban J connectivity index is 1.83. The monoisotopic (exact) mass is 290 g/mol. The maximum Gasteiger partial charge on any atom is 0.162 e. The summed E-state index contributed by atoms with van der Waals surface area (Å²) in [6.07, 6.45) is 3.25. The zero-order valence-corrected chi connectivity index (χ0v) is 12.5. The molecule has 0 fully saturated rings. The standard InChI is InChI=1S/C20H18O2/c1-14(15-5-3-2-4-6-15)16-7-9-17(10-8-16)19-12-11-18(21)13-20(19)22/h2-12,14,19H,13H2,1H3. The highest BCUT2D eigenvalue weighted by Gasteiger charge is 2.23. The molecule has 22 heavy (non-hydrogen) atoms. The number of benzene rings is 2. The Hall–Kier alpha value is -2.48. The number of rotatable bonds is 3. The van der Waals surface area contributed by atoms with Crippen LogP contribution >= 0.6 is 0 Å². The molecule has 2 aromatic carbocycles. The predicted molar refractivity (Wildman–Crippen MR) is 86.9 cm³/mol. The number of carbonyl (C=O) groups excluding carboxylic acids is 2. The van der Waals surface area contributed by atoms with Crippen molar-refractivity contribution in [2.75, 3.05) is 0 Å². The van der Waals surface area contributed by atoms with Crippen LogP contribution in [0.15, 0.2) is 66.7 Å². The van der Waals surface area contributed by atoms with Crippen molar-refractivity contribution in [2.45, 2.75) is 25.2 Å². The molecule has 0 saturated carbocycles. The Morgan fingerprint density at radius 3 is 2.18 bits per heavy atom. The van der Waals surface area contributed by atoms with Crippen molar-refractivity contribution in [3.8, 4) is 0 Å². The fraction of sp³-hybridized carbons (Fsp3) is 0.200. The molecule has 3 rings (SSSR count). The SMILES string of the molecule is CC(c1ccccc1)c1ccc(C2C=CC(=O)CC2=O)cc1. The van der Waals surface area contributed by atoms with E-state index < -0.39 is 0 Å². The minimum absolute atomic E-state index is 0.0172. The van der Waals surface area contributed by atoms with Crippen LogP contribution in [0.4, 0.5) is 0 Å². The molecule has 1 aliphatic rings. The number of hydrogen-bond acceptors (Lipinski definition) is 2. The minimum atomic E-state index is -0.279. The third-order valence-corrected chi connectivity index (χ3v) is 4.27. The lowest BCUT2D eigenvalue weighted by molar-refractivity contribution is -0.125. The van der Waals surface area contributed by atoms with Crippen LogP contribution in [0, 0.1) is 0 Å². The van der Waals surface area contributed by atoms with Crippen LogP contribution in [0.1, 0.15) is 41.9 Å². The van der Waals surface area contributed by atoms with E-state index in [1.54, 1.807) is 6.08 Å². The van der Waals surface area contributed by atoms with Gasteiger partial charge in [0.15, 0.2) is 11.6 Å². The molecule has 0 saturated heterocycles. The average molecular weight is 290 g/mol. The molecular formula is C20H18O2. The Morgan fingerprint density at radius 1 is 0.909 bits per heavy atom. The zero-order valence-electron chi connectivity index (χ0n) is 12.5.